The maximum atomic E-state index is 11.3. The van der Waals surface area contributed by atoms with E-state index in [4.69, 9.17) is 0 Å². The van der Waals surface area contributed by atoms with Crippen molar-refractivity contribution in [3.63, 3.8) is 0 Å². The minimum absolute atomic E-state index is 0.117. The number of Topliss-reactive ketones (excluding diaryl/α,β-unsaturated/α-hetero) is 1. The minimum atomic E-state index is -0.117. The first-order chi connectivity index (χ1) is 8.88. The van der Waals surface area contributed by atoms with Crippen LogP contribution in [0, 0.1) is 0 Å². The zero-order valence-electron chi connectivity index (χ0n) is 11.8. The summed E-state index contributed by atoms with van der Waals surface area (Å²) in [7, 11) is 0. The molecule has 0 amide bonds. The molecule has 0 radical (unpaired) electrons. The summed E-state index contributed by atoms with van der Waals surface area (Å²) in [5.41, 5.74) is 3.19. The summed E-state index contributed by atoms with van der Waals surface area (Å²) >= 11 is 0. The van der Waals surface area contributed by atoms with Crippen LogP contribution in [0.3, 0.4) is 0 Å². The lowest BCUT2D eigenvalue weighted by Crippen LogP contribution is -2.10. The largest absolute Gasteiger partial charge is 0.291 e. The van der Waals surface area contributed by atoms with E-state index in [0.29, 0.717) is 0 Å². The lowest BCUT2D eigenvalue weighted by atomic mass is 9.86. The highest BCUT2D eigenvalue weighted by atomic mass is 16.1. The summed E-state index contributed by atoms with van der Waals surface area (Å²) in [4.78, 5) is 19.5. The van der Waals surface area contributed by atoms with E-state index in [0.717, 1.165) is 11.3 Å². The van der Waals surface area contributed by atoms with E-state index in [-0.39, 0.29) is 17.0 Å². The van der Waals surface area contributed by atoms with Gasteiger partial charge < -0.3 is 0 Å². The van der Waals surface area contributed by atoms with Gasteiger partial charge in [0, 0.05) is 18.7 Å². The van der Waals surface area contributed by atoms with Crippen LogP contribution >= 0.6 is 0 Å². The Labute approximate surface area is 113 Å². The molecule has 0 spiro atoms. The van der Waals surface area contributed by atoms with Gasteiger partial charge in [0.05, 0.1) is 5.69 Å². The number of nitrogens with zero attached hydrogens (tertiary/aromatic N) is 2. The van der Waals surface area contributed by atoms with Crippen LogP contribution in [0.15, 0.2) is 36.5 Å². The van der Waals surface area contributed by atoms with Crippen molar-refractivity contribution in [2.75, 3.05) is 0 Å². The topological polar surface area (TPSA) is 42.9 Å². The smallest absolute Gasteiger partial charge is 0.196 e. The third-order valence-corrected chi connectivity index (χ3v) is 3.02. The molecule has 0 bridgehead atoms. The fourth-order valence-electron chi connectivity index (χ4n) is 1.83. The van der Waals surface area contributed by atoms with Gasteiger partial charge in [-0.15, -0.1) is 0 Å². The molecule has 19 heavy (non-hydrogen) atoms. The number of aromatic nitrogens is 2. The van der Waals surface area contributed by atoms with Gasteiger partial charge in [-0.2, -0.15) is 0 Å². The summed E-state index contributed by atoms with van der Waals surface area (Å²) in [6.45, 7) is 8.02. The van der Waals surface area contributed by atoms with Gasteiger partial charge in [-0.05, 0) is 17.0 Å². The van der Waals surface area contributed by atoms with E-state index in [1.165, 1.54) is 12.5 Å². The SMILES string of the molecule is CC(=O)c1nccc(-c2ccc(C(C)(C)C)cc2)n1. The van der Waals surface area contributed by atoms with Crippen molar-refractivity contribution >= 4 is 5.78 Å². The van der Waals surface area contributed by atoms with Crippen molar-refractivity contribution in [1.29, 1.82) is 0 Å². The van der Waals surface area contributed by atoms with Crippen LogP contribution in [-0.4, -0.2) is 15.8 Å². The predicted molar refractivity (Wildman–Crippen MR) is 76.2 cm³/mol. The van der Waals surface area contributed by atoms with Gasteiger partial charge in [-0.3, -0.25) is 4.79 Å². The van der Waals surface area contributed by atoms with Crippen molar-refractivity contribution in [3.05, 3.63) is 47.9 Å². The summed E-state index contributed by atoms with van der Waals surface area (Å²) in [5, 5.41) is 0. The fraction of sp³-hybridized carbons (Fsp3) is 0.312. The van der Waals surface area contributed by atoms with Gasteiger partial charge in [-0.1, -0.05) is 45.0 Å². The summed E-state index contributed by atoms with van der Waals surface area (Å²) in [6.07, 6.45) is 1.62. The molecule has 98 valence electrons. The van der Waals surface area contributed by atoms with E-state index in [2.05, 4.69) is 42.9 Å². The molecule has 3 nitrogen and oxygen atoms in total. The van der Waals surface area contributed by atoms with Gasteiger partial charge in [0.2, 0.25) is 0 Å². The molecule has 0 saturated heterocycles. The Morgan fingerprint density at radius 3 is 2.21 bits per heavy atom. The first-order valence-electron chi connectivity index (χ1n) is 6.33. The molecule has 0 aliphatic carbocycles. The number of rotatable bonds is 2. The Balaban J connectivity index is 2.37. The number of carbonyl (C=O) groups is 1. The lowest BCUT2D eigenvalue weighted by Gasteiger charge is -2.19. The zero-order valence-corrected chi connectivity index (χ0v) is 11.8. The summed E-state index contributed by atoms with van der Waals surface area (Å²) in [6, 6.07) is 10.1. The van der Waals surface area contributed by atoms with Crippen molar-refractivity contribution in [3.8, 4) is 11.3 Å². The van der Waals surface area contributed by atoms with Crippen LogP contribution in [0.5, 0.6) is 0 Å². The van der Waals surface area contributed by atoms with Gasteiger partial charge in [-0.25, -0.2) is 9.97 Å². The number of hydrogen-bond acceptors (Lipinski definition) is 3. The van der Waals surface area contributed by atoms with Crippen LogP contribution in [-0.2, 0) is 5.41 Å². The maximum absolute atomic E-state index is 11.3. The van der Waals surface area contributed by atoms with Crippen molar-refractivity contribution in [2.24, 2.45) is 0 Å². The van der Waals surface area contributed by atoms with Crippen LogP contribution in [0.25, 0.3) is 11.3 Å². The zero-order chi connectivity index (χ0) is 14.0. The lowest BCUT2D eigenvalue weighted by molar-refractivity contribution is 0.100. The second-order valence-electron chi connectivity index (χ2n) is 5.65. The highest BCUT2D eigenvalue weighted by Crippen LogP contribution is 2.25. The highest BCUT2D eigenvalue weighted by molar-refractivity contribution is 5.90. The van der Waals surface area contributed by atoms with Crippen LogP contribution in [0.2, 0.25) is 0 Å². The number of benzene rings is 1. The molecule has 0 saturated carbocycles. The van der Waals surface area contributed by atoms with Gasteiger partial charge in [0.25, 0.3) is 0 Å². The standard InChI is InChI=1S/C16H18N2O/c1-11(19)15-17-10-9-14(18-15)12-5-7-13(8-6-12)16(2,3)4/h5-10H,1-4H3. The third kappa shape index (κ3) is 3.05. The number of hydrogen-bond donors (Lipinski definition) is 0. The average molecular weight is 254 g/mol. The van der Waals surface area contributed by atoms with Crippen LogP contribution < -0.4 is 0 Å². The van der Waals surface area contributed by atoms with E-state index < -0.39 is 0 Å². The molecular formula is C16H18N2O. The number of ketones is 1. The first-order valence-corrected chi connectivity index (χ1v) is 6.33. The molecule has 2 rings (SSSR count). The second kappa shape index (κ2) is 4.92. The molecule has 0 aliphatic heterocycles. The molecule has 1 heterocycles. The Morgan fingerprint density at radius 2 is 1.68 bits per heavy atom. The molecule has 2 aromatic rings. The Kier molecular flexibility index (Phi) is 3.47. The van der Waals surface area contributed by atoms with E-state index in [9.17, 15) is 4.79 Å². The Hall–Kier alpha value is -2.03. The van der Waals surface area contributed by atoms with Gasteiger partial charge >= 0.3 is 0 Å². The van der Waals surface area contributed by atoms with Gasteiger partial charge in [0.15, 0.2) is 11.6 Å². The molecule has 0 unspecified atom stereocenters. The Bertz CT molecular complexity index is 595. The molecule has 0 aliphatic rings. The first kappa shape index (κ1) is 13.4. The molecule has 0 atom stereocenters. The van der Waals surface area contributed by atoms with Crippen molar-refractivity contribution < 1.29 is 4.79 Å². The average Bonchev–Trinajstić information content (AvgIpc) is 2.38. The molecular weight excluding hydrogens is 236 g/mol. The second-order valence-corrected chi connectivity index (χ2v) is 5.65. The monoisotopic (exact) mass is 254 g/mol. The van der Waals surface area contributed by atoms with Crippen molar-refractivity contribution in [1.82, 2.24) is 9.97 Å². The molecule has 1 aromatic carbocycles. The molecule has 3 heteroatoms. The normalized spacial score (nSPS) is 11.4. The highest BCUT2D eigenvalue weighted by Gasteiger charge is 2.13. The maximum Gasteiger partial charge on any atom is 0.196 e. The third-order valence-electron chi connectivity index (χ3n) is 3.02. The van der Waals surface area contributed by atoms with E-state index in [1.807, 2.05) is 18.2 Å². The van der Waals surface area contributed by atoms with E-state index in [1.54, 1.807) is 6.20 Å². The molecule has 1 aromatic heterocycles. The van der Waals surface area contributed by atoms with Crippen LogP contribution in [0.4, 0.5) is 0 Å². The fourth-order valence-corrected chi connectivity index (χ4v) is 1.83. The quantitative estimate of drug-likeness (QED) is 0.768. The van der Waals surface area contributed by atoms with Crippen LogP contribution in [0.1, 0.15) is 43.9 Å². The summed E-state index contributed by atoms with van der Waals surface area (Å²) in [5.74, 6) is 0.144. The van der Waals surface area contributed by atoms with Gasteiger partial charge in [0.1, 0.15) is 0 Å². The van der Waals surface area contributed by atoms with Crippen molar-refractivity contribution in [2.45, 2.75) is 33.1 Å². The predicted octanol–water partition coefficient (Wildman–Crippen LogP) is 3.64. The summed E-state index contributed by atoms with van der Waals surface area (Å²) < 4.78 is 0. The minimum Gasteiger partial charge on any atom is -0.291 e. The Morgan fingerprint density at radius 1 is 1.05 bits per heavy atom. The molecule has 0 N–H and O–H groups in total. The molecule has 0 fully saturated rings. The number of carbonyl (C=O) groups excluding carboxylic acids is 1. The van der Waals surface area contributed by atoms with E-state index >= 15 is 0 Å².